The Labute approximate surface area is 506 Å². The molecule has 2 amide bonds. The Morgan fingerprint density at radius 3 is 1.88 bits per heavy atom. The highest BCUT2D eigenvalue weighted by Crippen LogP contribution is 2.43. The van der Waals surface area contributed by atoms with Crippen molar-refractivity contribution in [1.82, 2.24) is 15.2 Å². The number of pyridine rings is 1. The number of aliphatic carboxylic acids is 1. The number of ether oxygens (including phenoxy) is 4. The number of carbonyl (C=O) groups excluding carboxylic acids is 3. The van der Waals surface area contributed by atoms with Crippen LogP contribution in [0, 0.1) is 5.21 Å². The number of esters is 1. The van der Waals surface area contributed by atoms with Crippen molar-refractivity contribution in [3.63, 3.8) is 0 Å². The van der Waals surface area contributed by atoms with Gasteiger partial charge in [-0.1, -0.05) is 169 Å². The van der Waals surface area contributed by atoms with Gasteiger partial charge in [0.1, 0.15) is 52.4 Å². The molecule has 2 aliphatic rings. The van der Waals surface area contributed by atoms with Crippen molar-refractivity contribution in [3.8, 4) is 17.2 Å². The summed E-state index contributed by atoms with van der Waals surface area (Å²) in [6.07, 6.45) is 3.57. The van der Waals surface area contributed by atoms with Gasteiger partial charge in [0.15, 0.2) is 16.6 Å². The Kier molecular flexibility index (Phi) is 17.7. The van der Waals surface area contributed by atoms with Gasteiger partial charge in [0.05, 0.1) is 13.2 Å². The summed E-state index contributed by atoms with van der Waals surface area (Å²) < 4.78 is 24.6. The van der Waals surface area contributed by atoms with Gasteiger partial charge in [-0.05, 0) is 91.8 Å². The van der Waals surface area contributed by atoms with Gasteiger partial charge in [-0.3, -0.25) is 14.5 Å². The number of oxime groups is 1. The number of methoxy groups -OCH3 is 1. The first-order chi connectivity index (χ1) is 41.4. The highest BCUT2D eigenvalue weighted by molar-refractivity contribution is 8.00. The SMILES string of the molecule is COc1ccc(COc2c[n+]([O-])c(C=CC3=C(C(=O)O)N4C(=O)[C@@H](NC(=O)/C(=N\OC(C)(C)C(=O)OC(C)(C)C)c5csc(NC(c6ccccc6)(c6ccccc6)c6ccccc6)n5)[C@H]4SC3)cc2OC(c2ccccc2)c2ccccc2)cc1. The average Bonchev–Trinajstić information content (AvgIpc) is 0.889. The maximum Gasteiger partial charge on any atom is 0.353 e. The van der Waals surface area contributed by atoms with Crippen molar-refractivity contribution in [2.45, 2.75) is 75.5 Å². The molecule has 8 aromatic rings. The number of aromatic nitrogens is 2. The molecule has 1 saturated heterocycles. The summed E-state index contributed by atoms with van der Waals surface area (Å²) in [6, 6.07) is 56.4. The number of rotatable bonds is 22. The lowest BCUT2D eigenvalue weighted by Crippen LogP contribution is -2.71. The van der Waals surface area contributed by atoms with Crippen LogP contribution in [0.4, 0.5) is 5.13 Å². The number of anilines is 1. The van der Waals surface area contributed by atoms with Gasteiger partial charge < -0.3 is 44.7 Å². The minimum atomic E-state index is -1.70. The summed E-state index contributed by atoms with van der Waals surface area (Å²) >= 11 is 2.41. The summed E-state index contributed by atoms with van der Waals surface area (Å²) in [6.45, 7) is 8.12. The van der Waals surface area contributed by atoms with E-state index in [0.717, 1.165) is 38.3 Å². The van der Waals surface area contributed by atoms with E-state index in [-0.39, 0.29) is 52.2 Å². The fourth-order valence-corrected chi connectivity index (χ4v) is 11.8. The monoisotopic (exact) mass is 1190 g/mol. The third kappa shape index (κ3) is 13.1. The normalized spacial score (nSPS) is 15.4. The first-order valence-electron chi connectivity index (χ1n) is 27.5. The molecule has 6 aromatic carbocycles. The molecule has 2 aliphatic heterocycles. The minimum Gasteiger partial charge on any atom is -0.618 e. The maximum absolute atomic E-state index is 14.8. The highest BCUT2D eigenvalue weighted by atomic mass is 32.2. The molecule has 0 saturated carbocycles. The first-order valence-corrected chi connectivity index (χ1v) is 29.4. The number of benzene rings is 6. The smallest absolute Gasteiger partial charge is 0.353 e. The van der Waals surface area contributed by atoms with E-state index in [1.54, 1.807) is 45.4 Å². The molecule has 4 heterocycles. The molecule has 19 heteroatoms. The molecule has 10 rings (SSSR count). The van der Waals surface area contributed by atoms with Crippen LogP contribution >= 0.6 is 23.1 Å². The molecular weight excluding hydrogens is 1130 g/mol. The van der Waals surface area contributed by atoms with Crippen LogP contribution in [0.1, 0.15) is 85.5 Å². The fraction of sp³-hybridized carbons (Fsp3) is 0.209. The summed E-state index contributed by atoms with van der Waals surface area (Å²) in [5.74, 6) is -2.63. The van der Waals surface area contributed by atoms with E-state index in [4.69, 9.17) is 28.8 Å². The van der Waals surface area contributed by atoms with E-state index in [1.165, 1.54) is 61.4 Å². The molecule has 86 heavy (non-hydrogen) atoms. The highest BCUT2D eigenvalue weighted by Gasteiger charge is 2.54. The van der Waals surface area contributed by atoms with Crippen molar-refractivity contribution in [2.24, 2.45) is 5.16 Å². The first kappa shape index (κ1) is 59.4. The largest absolute Gasteiger partial charge is 0.618 e. The lowest BCUT2D eigenvalue weighted by molar-refractivity contribution is -0.607. The van der Waals surface area contributed by atoms with Crippen LogP contribution in [0.5, 0.6) is 17.2 Å². The summed E-state index contributed by atoms with van der Waals surface area (Å²) in [5.41, 5.74) is 1.29. The molecule has 17 nitrogen and oxygen atoms in total. The number of nitrogens with zero attached hydrogens (tertiary/aromatic N) is 4. The Morgan fingerprint density at radius 1 is 0.791 bits per heavy atom. The van der Waals surface area contributed by atoms with Crippen LogP contribution in [0.3, 0.4) is 0 Å². The van der Waals surface area contributed by atoms with Crippen molar-refractivity contribution in [2.75, 3.05) is 18.2 Å². The minimum absolute atomic E-state index is 0.0493. The number of fused-ring (bicyclic) bond motifs is 1. The van der Waals surface area contributed by atoms with Gasteiger partial charge in [0.25, 0.3) is 11.8 Å². The van der Waals surface area contributed by atoms with E-state index in [2.05, 4.69) is 15.8 Å². The van der Waals surface area contributed by atoms with Crippen LogP contribution < -0.4 is 29.6 Å². The van der Waals surface area contributed by atoms with Crippen LogP contribution in [0.15, 0.2) is 216 Å². The number of β-lactam (4-membered cyclic amide) rings is 1. The van der Waals surface area contributed by atoms with Gasteiger partial charge >= 0.3 is 11.9 Å². The second kappa shape index (κ2) is 25.6. The lowest BCUT2D eigenvalue weighted by Gasteiger charge is -2.49. The number of carbonyl (C=O) groups is 4. The third-order valence-corrected chi connectivity index (χ3v) is 16.1. The maximum atomic E-state index is 14.8. The Bertz CT molecular complexity index is 3680. The molecule has 0 aliphatic carbocycles. The second-order valence-electron chi connectivity index (χ2n) is 21.6. The van der Waals surface area contributed by atoms with E-state index >= 15 is 0 Å². The van der Waals surface area contributed by atoms with E-state index in [0.29, 0.717) is 15.6 Å². The van der Waals surface area contributed by atoms with Crippen LogP contribution in [-0.4, -0.2) is 79.9 Å². The van der Waals surface area contributed by atoms with Crippen LogP contribution in [-0.2, 0) is 40.9 Å². The number of thiazole rings is 1. The molecule has 2 atom stereocenters. The quantitative estimate of drug-likeness (QED) is 0.0110. The molecule has 2 aromatic heterocycles. The van der Waals surface area contributed by atoms with Crippen molar-refractivity contribution >= 4 is 63.8 Å². The van der Waals surface area contributed by atoms with Crippen molar-refractivity contribution in [1.29, 1.82) is 0 Å². The predicted molar refractivity (Wildman–Crippen MR) is 329 cm³/mol. The van der Waals surface area contributed by atoms with Crippen molar-refractivity contribution in [3.05, 3.63) is 261 Å². The van der Waals surface area contributed by atoms with Gasteiger partial charge in [-0.25, -0.2) is 14.6 Å². The van der Waals surface area contributed by atoms with Gasteiger partial charge in [-0.2, -0.15) is 4.73 Å². The molecule has 0 bridgehead atoms. The van der Waals surface area contributed by atoms with Crippen LogP contribution in [0.2, 0.25) is 0 Å². The molecule has 0 radical (unpaired) electrons. The molecule has 438 valence electrons. The third-order valence-electron chi connectivity index (χ3n) is 14.1. The Balaban J connectivity index is 0.940. The number of nitrogens with one attached hydrogen (secondary N) is 2. The van der Waals surface area contributed by atoms with Gasteiger partial charge in [0, 0.05) is 17.2 Å². The zero-order chi connectivity index (χ0) is 60.6. The molecule has 1 fully saturated rings. The molecule has 3 N–H and O–H groups in total. The number of hydrogen-bond donors (Lipinski definition) is 3. The van der Waals surface area contributed by atoms with E-state index < -0.39 is 58.0 Å². The summed E-state index contributed by atoms with van der Waals surface area (Å²) in [5, 5.41) is 36.6. The summed E-state index contributed by atoms with van der Waals surface area (Å²) in [7, 11) is 1.58. The van der Waals surface area contributed by atoms with Crippen molar-refractivity contribution < 1.29 is 52.8 Å². The van der Waals surface area contributed by atoms with E-state index in [9.17, 15) is 29.5 Å². The molecule has 0 spiro atoms. The number of amides is 2. The second-order valence-corrected chi connectivity index (χ2v) is 23.6. The number of carboxylic acids is 1. The molecule has 0 unspecified atom stereocenters. The van der Waals surface area contributed by atoms with Crippen LogP contribution in [0.25, 0.3) is 6.08 Å². The standard InChI is InChI=1S/C67H62N6O11S2/c1-65(2,3)83-63(78)66(4,5)84-71-55(52-42-86-64(68-52)70-67(47-26-16-9-17-27-47,48-28-18-10-19-29-48)49-30-20-11-21-31-49)59(74)69-56-60(75)73-57(62(76)77)46(41-85-61(56)73)34-35-50-38-53(54(39-72(50)79)81-40-43-32-36-51(80-6)37-33-43)82-58(44-22-12-7-13-23-44)45-24-14-8-15-25-45/h7-39,42,56,58,61H,40-41H2,1-6H3,(H,68,70)(H,69,74)(H,76,77)/b35-34?,71-55-/t56-,61-/m1/s1. The molecular formula is C67H62N6O11S2. The number of thioether (sulfide) groups is 1. The zero-order valence-corrected chi connectivity index (χ0v) is 49.5. The predicted octanol–water partition coefficient (Wildman–Crippen LogP) is 11.2. The Morgan fingerprint density at radius 2 is 1.35 bits per heavy atom. The number of carboxylic acid groups (broad SMARTS) is 1. The summed E-state index contributed by atoms with van der Waals surface area (Å²) in [4.78, 5) is 67.6. The van der Waals surface area contributed by atoms with E-state index in [1.807, 2.05) is 164 Å². The lowest BCUT2D eigenvalue weighted by atomic mass is 9.77. The number of hydrogen-bond acceptors (Lipinski definition) is 15. The van der Waals surface area contributed by atoms with Gasteiger partial charge in [0.2, 0.25) is 23.2 Å². The van der Waals surface area contributed by atoms with Gasteiger partial charge in [-0.15, -0.1) is 23.1 Å². The average molecular weight is 1190 g/mol. The number of allylic oxidation sites excluding steroid dienone is 1. The zero-order valence-electron chi connectivity index (χ0n) is 47.9. The Hall–Kier alpha value is -9.72. The fourth-order valence-electron chi connectivity index (χ4n) is 9.78. The topological polar surface area (TPSA) is 214 Å².